The average molecular weight is 445 g/mol. The predicted molar refractivity (Wildman–Crippen MR) is 111 cm³/mol. The maximum absolute atomic E-state index is 15.2. The van der Waals surface area contributed by atoms with Crippen LogP contribution in [0.5, 0.6) is 0 Å². The van der Waals surface area contributed by atoms with Gasteiger partial charge in [-0.3, -0.25) is 4.79 Å². The molecule has 166 valence electrons. The number of pyridine rings is 1. The molecule has 0 amide bonds. The van der Waals surface area contributed by atoms with Gasteiger partial charge in [0.2, 0.25) is 5.43 Å². The van der Waals surface area contributed by atoms with Gasteiger partial charge in [-0.25, -0.2) is 4.39 Å². The van der Waals surface area contributed by atoms with E-state index in [0.717, 1.165) is 18.2 Å². The second-order valence-electron chi connectivity index (χ2n) is 7.55. The molecule has 32 heavy (non-hydrogen) atoms. The fraction of sp³-hybridized carbons (Fsp3) is 0.304. The molecule has 2 aromatic carbocycles. The summed E-state index contributed by atoms with van der Waals surface area (Å²) in [6.45, 7) is 1.80. The van der Waals surface area contributed by atoms with Crippen LogP contribution in [0.25, 0.3) is 10.9 Å². The summed E-state index contributed by atoms with van der Waals surface area (Å²) in [7, 11) is 0. The second kappa shape index (κ2) is 8.63. The molecular weight excluding hydrogens is 426 g/mol. The Morgan fingerprint density at radius 2 is 1.81 bits per heavy atom. The topological polar surface area (TPSA) is 69.1 Å². The minimum Gasteiger partial charge on any atom is -0.378 e. The number of nitriles is 1. The highest BCUT2D eigenvalue weighted by Gasteiger charge is 2.30. The Balaban J connectivity index is 1.77. The van der Waals surface area contributed by atoms with Crippen molar-refractivity contribution in [1.82, 2.24) is 4.98 Å². The molecule has 0 atom stereocenters. The number of H-pyrrole nitrogens is 1. The van der Waals surface area contributed by atoms with Crippen molar-refractivity contribution in [1.29, 1.82) is 5.26 Å². The van der Waals surface area contributed by atoms with Gasteiger partial charge in [0.25, 0.3) is 0 Å². The summed E-state index contributed by atoms with van der Waals surface area (Å²) in [5.41, 5.74) is 0.536. The lowest BCUT2D eigenvalue weighted by Crippen LogP contribution is -2.37. The predicted octanol–water partition coefficient (Wildman–Crippen LogP) is 4.18. The van der Waals surface area contributed by atoms with E-state index in [1.165, 1.54) is 18.3 Å². The minimum atomic E-state index is -4.42. The number of hydrogen-bond acceptors (Lipinski definition) is 4. The molecule has 1 aliphatic rings. The van der Waals surface area contributed by atoms with Gasteiger partial charge in [-0.15, -0.1) is 0 Å². The molecule has 1 fully saturated rings. The Labute approximate surface area is 180 Å². The molecule has 4 rings (SSSR count). The standard InChI is InChI=1S/C23H19F4N3O2/c24-19-11-18-20(29-13-15(12-28)22(18)31)17(21(19)30-7-9-32-10-8-30)6-3-14-1-4-16(5-2-14)23(25,26)27/h1-2,4-5,11,13H,3,6-10H2,(H,29,31). The van der Waals surface area contributed by atoms with E-state index in [0.29, 0.717) is 55.1 Å². The van der Waals surface area contributed by atoms with Crippen LogP contribution in [0.4, 0.5) is 23.2 Å². The first kappa shape index (κ1) is 21.8. The molecule has 0 aliphatic carbocycles. The molecule has 1 aliphatic heterocycles. The zero-order valence-corrected chi connectivity index (χ0v) is 16.9. The molecular formula is C23H19F4N3O2. The largest absolute Gasteiger partial charge is 0.416 e. The van der Waals surface area contributed by atoms with E-state index in [-0.39, 0.29) is 17.4 Å². The highest BCUT2D eigenvalue weighted by Crippen LogP contribution is 2.33. The summed E-state index contributed by atoms with van der Waals surface area (Å²) in [5, 5.41) is 9.21. The molecule has 5 nitrogen and oxygen atoms in total. The molecule has 1 aromatic heterocycles. The van der Waals surface area contributed by atoms with Crippen molar-refractivity contribution in [3.8, 4) is 6.07 Å². The van der Waals surface area contributed by atoms with Crippen LogP contribution in [0.15, 0.2) is 41.3 Å². The van der Waals surface area contributed by atoms with Crippen molar-refractivity contribution in [3.05, 3.63) is 74.8 Å². The number of anilines is 1. The normalized spacial score (nSPS) is 14.5. The van der Waals surface area contributed by atoms with E-state index in [9.17, 15) is 18.0 Å². The van der Waals surface area contributed by atoms with Crippen LogP contribution in [-0.2, 0) is 23.8 Å². The molecule has 0 bridgehead atoms. The number of fused-ring (bicyclic) bond motifs is 1. The zero-order chi connectivity index (χ0) is 22.9. The summed E-state index contributed by atoms with van der Waals surface area (Å²) < 4.78 is 59.1. The fourth-order valence-electron chi connectivity index (χ4n) is 3.98. The van der Waals surface area contributed by atoms with Crippen LogP contribution in [0.1, 0.15) is 22.3 Å². The third-order valence-electron chi connectivity index (χ3n) is 5.60. The van der Waals surface area contributed by atoms with Crippen LogP contribution in [0.2, 0.25) is 0 Å². The van der Waals surface area contributed by atoms with Gasteiger partial charge in [0.05, 0.1) is 35.4 Å². The molecule has 9 heteroatoms. The van der Waals surface area contributed by atoms with Crippen LogP contribution >= 0.6 is 0 Å². The van der Waals surface area contributed by atoms with Crippen LogP contribution in [0.3, 0.4) is 0 Å². The van der Waals surface area contributed by atoms with Crippen LogP contribution in [-0.4, -0.2) is 31.3 Å². The molecule has 1 saturated heterocycles. The third-order valence-corrected chi connectivity index (χ3v) is 5.60. The fourth-order valence-corrected chi connectivity index (χ4v) is 3.98. The lowest BCUT2D eigenvalue weighted by Gasteiger charge is -2.31. The highest BCUT2D eigenvalue weighted by molar-refractivity contribution is 5.88. The van der Waals surface area contributed by atoms with Crippen molar-refractivity contribution in [2.45, 2.75) is 19.0 Å². The number of halogens is 4. The first-order valence-corrected chi connectivity index (χ1v) is 10.1. The van der Waals surface area contributed by atoms with E-state index >= 15 is 4.39 Å². The number of nitrogens with zero attached hydrogens (tertiary/aromatic N) is 2. The number of ether oxygens (including phenoxy) is 1. The van der Waals surface area contributed by atoms with Gasteiger partial charge in [-0.1, -0.05) is 12.1 Å². The number of benzene rings is 2. The Morgan fingerprint density at radius 3 is 2.44 bits per heavy atom. The minimum absolute atomic E-state index is 0.0704. The maximum Gasteiger partial charge on any atom is 0.416 e. The lowest BCUT2D eigenvalue weighted by atomic mass is 9.97. The van der Waals surface area contributed by atoms with Gasteiger partial charge in [-0.2, -0.15) is 18.4 Å². The Bertz CT molecular complexity index is 1240. The van der Waals surface area contributed by atoms with E-state index in [1.807, 2.05) is 4.90 Å². The SMILES string of the molecule is N#Cc1c[nH]c2c(CCc3ccc(C(F)(F)F)cc3)c(N3CCOCC3)c(F)cc2c1=O. The second-order valence-corrected chi connectivity index (χ2v) is 7.55. The summed E-state index contributed by atoms with van der Waals surface area (Å²) in [5.74, 6) is -0.581. The highest BCUT2D eigenvalue weighted by atomic mass is 19.4. The molecule has 2 heterocycles. The number of nitrogens with one attached hydrogen (secondary N) is 1. The van der Waals surface area contributed by atoms with Gasteiger partial charge >= 0.3 is 6.18 Å². The Morgan fingerprint density at radius 1 is 1.12 bits per heavy atom. The quantitative estimate of drug-likeness (QED) is 0.612. The number of rotatable bonds is 4. The first-order chi connectivity index (χ1) is 15.3. The van der Waals surface area contributed by atoms with Crippen molar-refractivity contribution in [2.75, 3.05) is 31.2 Å². The summed E-state index contributed by atoms with van der Waals surface area (Å²) in [6, 6.07) is 7.76. The molecule has 1 N–H and O–H groups in total. The molecule has 3 aromatic rings. The molecule has 0 radical (unpaired) electrons. The molecule has 0 saturated carbocycles. The van der Waals surface area contributed by atoms with Gasteiger partial charge in [0, 0.05) is 24.8 Å². The number of aryl methyl sites for hydroxylation is 2. The smallest absolute Gasteiger partial charge is 0.378 e. The number of aromatic amines is 1. The lowest BCUT2D eigenvalue weighted by molar-refractivity contribution is -0.137. The van der Waals surface area contributed by atoms with Gasteiger partial charge < -0.3 is 14.6 Å². The maximum atomic E-state index is 15.2. The monoisotopic (exact) mass is 445 g/mol. The first-order valence-electron chi connectivity index (χ1n) is 10.1. The van der Waals surface area contributed by atoms with Crippen molar-refractivity contribution in [3.63, 3.8) is 0 Å². The van der Waals surface area contributed by atoms with Gasteiger partial charge in [-0.05, 0) is 36.6 Å². The summed E-state index contributed by atoms with van der Waals surface area (Å²) in [4.78, 5) is 17.4. The summed E-state index contributed by atoms with van der Waals surface area (Å²) in [6.07, 6.45) is -2.49. The van der Waals surface area contributed by atoms with E-state index < -0.39 is 23.0 Å². The van der Waals surface area contributed by atoms with Crippen LogP contribution < -0.4 is 10.3 Å². The van der Waals surface area contributed by atoms with Crippen molar-refractivity contribution < 1.29 is 22.3 Å². The number of aromatic nitrogens is 1. The number of morpholine rings is 1. The molecule has 0 spiro atoms. The van der Waals surface area contributed by atoms with Crippen LogP contribution in [0, 0.1) is 17.1 Å². The van der Waals surface area contributed by atoms with Crippen molar-refractivity contribution in [2.24, 2.45) is 0 Å². The van der Waals surface area contributed by atoms with E-state index in [1.54, 1.807) is 6.07 Å². The third kappa shape index (κ3) is 4.18. The molecule has 0 unspecified atom stereocenters. The van der Waals surface area contributed by atoms with Crippen molar-refractivity contribution >= 4 is 16.6 Å². The van der Waals surface area contributed by atoms with E-state index in [2.05, 4.69) is 4.98 Å². The number of alkyl halides is 3. The average Bonchev–Trinajstić information content (AvgIpc) is 2.78. The van der Waals surface area contributed by atoms with E-state index in [4.69, 9.17) is 10.00 Å². The zero-order valence-electron chi connectivity index (χ0n) is 16.9. The van der Waals surface area contributed by atoms with Gasteiger partial charge in [0.1, 0.15) is 17.4 Å². The van der Waals surface area contributed by atoms with Gasteiger partial charge in [0.15, 0.2) is 0 Å². The summed E-state index contributed by atoms with van der Waals surface area (Å²) >= 11 is 0. The Kier molecular flexibility index (Phi) is 5.89. The number of hydrogen-bond donors (Lipinski definition) is 1. The Hall–Kier alpha value is -3.38.